The number of carbonyl (C=O) groups excluding carboxylic acids is 1. The van der Waals surface area contributed by atoms with Gasteiger partial charge in [0.05, 0.1) is 22.8 Å². The maximum Gasteiger partial charge on any atom is 0.259 e. The van der Waals surface area contributed by atoms with Crippen molar-refractivity contribution in [3.63, 3.8) is 0 Å². The van der Waals surface area contributed by atoms with E-state index in [1.54, 1.807) is 23.1 Å². The van der Waals surface area contributed by atoms with Crippen LogP contribution in [0.5, 0.6) is 0 Å². The van der Waals surface area contributed by atoms with Crippen molar-refractivity contribution in [2.75, 3.05) is 6.54 Å². The number of H-pyrrole nitrogens is 2. The minimum absolute atomic E-state index is 0.0976. The maximum absolute atomic E-state index is 12.8. The summed E-state index contributed by atoms with van der Waals surface area (Å²) in [7, 11) is 0. The average Bonchev–Trinajstić information content (AvgIpc) is 3.04. The smallest absolute Gasteiger partial charge is 0.259 e. The third-order valence-corrected chi connectivity index (χ3v) is 6.50. The van der Waals surface area contributed by atoms with E-state index >= 15 is 0 Å². The summed E-state index contributed by atoms with van der Waals surface area (Å²) in [5, 5.41) is 1.14. The van der Waals surface area contributed by atoms with Gasteiger partial charge in [0.15, 0.2) is 0 Å². The summed E-state index contributed by atoms with van der Waals surface area (Å²) >= 11 is 1.49. The van der Waals surface area contributed by atoms with E-state index in [-0.39, 0.29) is 30.0 Å². The molecule has 3 aromatic heterocycles. The number of aromatic amines is 2. The second-order valence-corrected chi connectivity index (χ2v) is 8.62. The summed E-state index contributed by atoms with van der Waals surface area (Å²) in [5.41, 5.74) is 1.16. The van der Waals surface area contributed by atoms with E-state index < -0.39 is 0 Å². The lowest BCUT2D eigenvalue weighted by Crippen LogP contribution is -2.32. The zero-order valence-corrected chi connectivity index (χ0v) is 18.4. The predicted molar refractivity (Wildman–Crippen MR) is 121 cm³/mol. The summed E-state index contributed by atoms with van der Waals surface area (Å²) in [6.45, 7) is 6.44. The summed E-state index contributed by atoms with van der Waals surface area (Å²) in [5.74, 6) is 0.844. The Balaban J connectivity index is 1.49. The van der Waals surface area contributed by atoms with Gasteiger partial charge in [-0.2, -0.15) is 0 Å². The molecule has 4 rings (SSSR count). The second-order valence-electron chi connectivity index (χ2n) is 7.41. The van der Waals surface area contributed by atoms with Crippen molar-refractivity contribution in [1.29, 1.82) is 0 Å². The summed E-state index contributed by atoms with van der Waals surface area (Å²) in [4.78, 5) is 55.5. The number of benzene rings is 1. The van der Waals surface area contributed by atoms with E-state index in [4.69, 9.17) is 0 Å². The standard InChI is InChI=1S/C22H23N5O3S/c1-4-27(11-17-23-15-8-6-5-7-14(15)20(29)25-17)18(28)10-9-16-24-21(30)19-12(2)13(3)31-22(19)26-16/h5-8H,4,9-11H2,1-3H3,(H,23,25,29)(H,24,26,30). The highest BCUT2D eigenvalue weighted by Crippen LogP contribution is 2.25. The van der Waals surface area contributed by atoms with E-state index in [1.807, 2.05) is 26.8 Å². The molecule has 8 nitrogen and oxygen atoms in total. The fraction of sp³-hybridized carbons (Fsp3) is 0.318. The van der Waals surface area contributed by atoms with Crippen molar-refractivity contribution in [3.8, 4) is 0 Å². The minimum Gasteiger partial charge on any atom is -0.335 e. The Bertz CT molecular complexity index is 1400. The first-order valence-corrected chi connectivity index (χ1v) is 10.9. The third-order valence-electron chi connectivity index (χ3n) is 5.40. The number of thiophene rings is 1. The molecular formula is C22H23N5O3S. The van der Waals surface area contributed by atoms with Gasteiger partial charge in [-0.15, -0.1) is 11.3 Å². The van der Waals surface area contributed by atoms with Crippen molar-refractivity contribution in [3.05, 3.63) is 67.1 Å². The number of aromatic nitrogens is 4. The fourth-order valence-electron chi connectivity index (χ4n) is 3.57. The number of para-hydroxylation sites is 1. The van der Waals surface area contributed by atoms with Gasteiger partial charge in [0.2, 0.25) is 5.91 Å². The molecule has 0 unspecified atom stereocenters. The van der Waals surface area contributed by atoms with Crippen molar-refractivity contribution < 1.29 is 4.79 Å². The molecule has 1 aromatic carbocycles. The zero-order valence-electron chi connectivity index (χ0n) is 17.6. The molecular weight excluding hydrogens is 414 g/mol. The normalized spacial score (nSPS) is 11.3. The zero-order chi connectivity index (χ0) is 22.1. The van der Waals surface area contributed by atoms with Crippen molar-refractivity contribution >= 4 is 38.4 Å². The molecule has 0 saturated carbocycles. The van der Waals surface area contributed by atoms with Crippen LogP contribution in [0.15, 0.2) is 33.9 Å². The monoisotopic (exact) mass is 437 g/mol. The molecule has 9 heteroatoms. The molecule has 0 aliphatic heterocycles. The SMILES string of the molecule is CCN(Cc1nc2ccccc2c(=O)[nH]1)C(=O)CCc1nc2sc(C)c(C)c2c(=O)[nH]1. The van der Waals surface area contributed by atoms with Crippen LogP contribution in [-0.2, 0) is 17.8 Å². The highest BCUT2D eigenvalue weighted by molar-refractivity contribution is 7.18. The number of hydrogen-bond acceptors (Lipinski definition) is 6. The Labute approximate surface area is 182 Å². The van der Waals surface area contributed by atoms with Gasteiger partial charge >= 0.3 is 0 Å². The first kappa shape index (κ1) is 20.9. The first-order chi connectivity index (χ1) is 14.9. The van der Waals surface area contributed by atoms with Crippen LogP contribution in [0.3, 0.4) is 0 Å². The van der Waals surface area contributed by atoms with E-state index in [0.29, 0.717) is 45.7 Å². The number of amides is 1. The third kappa shape index (κ3) is 4.13. The number of carbonyl (C=O) groups is 1. The van der Waals surface area contributed by atoms with Gasteiger partial charge in [-0.25, -0.2) is 9.97 Å². The van der Waals surface area contributed by atoms with Gasteiger partial charge in [0.25, 0.3) is 11.1 Å². The molecule has 0 aliphatic carbocycles. The lowest BCUT2D eigenvalue weighted by atomic mass is 10.2. The van der Waals surface area contributed by atoms with Crippen LogP contribution in [0.2, 0.25) is 0 Å². The quantitative estimate of drug-likeness (QED) is 0.482. The Kier molecular flexibility index (Phi) is 5.69. The molecule has 3 heterocycles. The topological polar surface area (TPSA) is 112 Å². The fourth-order valence-corrected chi connectivity index (χ4v) is 4.62. The molecule has 2 N–H and O–H groups in total. The van der Waals surface area contributed by atoms with Crippen LogP contribution < -0.4 is 11.1 Å². The Morgan fingerprint density at radius 1 is 1.06 bits per heavy atom. The Morgan fingerprint density at radius 2 is 1.81 bits per heavy atom. The molecule has 0 radical (unpaired) electrons. The van der Waals surface area contributed by atoms with E-state index in [2.05, 4.69) is 19.9 Å². The number of nitrogens with zero attached hydrogens (tertiary/aromatic N) is 3. The van der Waals surface area contributed by atoms with Gasteiger partial charge in [-0.1, -0.05) is 12.1 Å². The number of aryl methyl sites for hydroxylation is 3. The highest BCUT2D eigenvalue weighted by atomic mass is 32.1. The second kappa shape index (κ2) is 8.43. The Morgan fingerprint density at radius 3 is 2.58 bits per heavy atom. The number of fused-ring (bicyclic) bond motifs is 2. The van der Waals surface area contributed by atoms with Crippen LogP contribution in [0.1, 0.15) is 35.4 Å². The molecule has 0 aliphatic rings. The largest absolute Gasteiger partial charge is 0.335 e. The van der Waals surface area contributed by atoms with Crippen molar-refractivity contribution in [2.45, 2.75) is 40.2 Å². The van der Waals surface area contributed by atoms with E-state index in [0.717, 1.165) is 10.4 Å². The molecule has 1 amide bonds. The molecule has 0 fully saturated rings. The first-order valence-electron chi connectivity index (χ1n) is 10.1. The van der Waals surface area contributed by atoms with Crippen LogP contribution in [-0.4, -0.2) is 37.3 Å². The molecule has 0 saturated heterocycles. The van der Waals surface area contributed by atoms with Crippen molar-refractivity contribution in [1.82, 2.24) is 24.8 Å². The van der Waals surface area contributed by atoms with Crippen LogP contribution in [0, 0.1) is 13.8 Å². The van der Waals surface area contributed by atoms with Gasteiger partial charge in [-0.05, 0) is 38.5 Å². The number of hydrogen-bond donors (Lipinski definition) is 2. The predicted octanol–water partition coefficient (Wildman–Crippen LogP) is 2.82. The summed E-state index contributed by atoms with van der Waals surface area (Å²) in [6.07, 6.45) is 0.529. The van der Waals surface area contributed by atoms with Crippen LogP contribution in [0.4, 0.5) is 0 Å². The molecule has 160 valence electrons. The van der Waals surface area contributed by atoms with Gasteiger partial charge in [0.1, 0.15) is 16.5 Å². The molecule has 0 spiro atoms. The molecule has 31 heavy (non-hydrogen) atoms. The lowest BCUT2D eigenvalue weighted by Gasteiger charge is -2.20. The highest BCUT2D eigenvalue weighted by Gasteiger charge is 2.16. The minimum atomic E-state index is -0.222. The summed E-state index contributed by atoms with van der Waals surface area (Å²) < 4.78 is 0. The van der Waals surface area contributed by atoms with Gasteiger partial charge in [0, 0.05) is 24.3 Å². The molecule has 0 atom stereocenters. The molecule has 4 aromatic rings. The molecule has 0 bridgehead atoms. The summed E-state index contributed by atoms with van der Waals surface area (Å²) in [6, 6.07) is 7.10. The van der Waals surface area contributed by atoms with Gasteiger partial charge in [-0.3, -0.25) is 14.4 Å². The lowest BCUT2D eigenvalue weighted by molar-refractivity contribution is -0.131. The number of nitrogens with one attached hydrogen (secondary N) is 2. The van der Waals surface area contributed by atoms with Crippen molar-refractivity contribution in [2.24, 2.45) is 0 Å². The maximum atomic E-state index is 12.8. The average molecular weight is 438 g/mol. The van der Waals surface area contributed by atoms with Crippen LogP contribution in [0.25, 0.3) is 21.1 Å². The van der Waals surface area contributed by atoms with E-state index in [1.165, 1.54) is 11.3 Å². The van der Waals surface area contributed by atoms with E-state index in [9.17, 15) is 14.4 Å². The Hall–Kier alpha value is -3.33. The van der Waals surface area contributed by atoms with Gasteiger partial charge < -0.3 is 14.9 Å². The number of rotatable bonds is 6. The van der Waals surface area contributed by atoms with Crippen LogP contribution >= 0.6 is 11.3 Å².